The fraction of sp³-hybridized carbons (Fsp3) is 0.364. The number of hydrogen-bond donors (Lipinski definition) is 0. The molecule has 0 bridgehead atoms. The average molecular weight is 245 g/mol. The van der Waals surface area contributed by atoms with E-state index < -0.39 is 0 Å². The first-order chi connectivity index (χ1) is 7.20. The van der Waals surface area contributed by atoms with E-state index in [-0.39, 0.29) is 11.7 Å². The first kappa shape index (κ1) is 10.9. The van der Waals surface area contributed by atoms with Crippen molar-refractivity contribution in [2.24, 2.45) is 5.92 Å². The predicted molar refractivity (Wildman–Crippen MR) is 59.7 cm³/mol. The van der Waals surface area contributed by atoms with Crippen LogP contribution >= 0.6 is 23.2 Å². The van der Waals surface area contributed by atoms with Crippen molar-refractivity contribution in [2.75, 3.05) is 13.2 Å². The van der Waals surface area contributed by atoms with E-state index in [9.17, 15) is 4.79 Å². The summed E-state index contributed by atoms with van der Waals surface area (Å²) in [7, 11) is 0. The molecule has 0 aliphatic carbocycles. The SMILES string of the molecule is O=C(c1c(Cl)cccc1Cl)C1CCOC1. The van der Waals surface area contributed by atoms with Crippen LogP contribution in [-0.2, 0) is 4.74 Å². The summed E-state index contributed by atoms with van der Waals surface area (Å²) in [5.74, 6) is -0.106. The fourth-order valence-corrected chi connectivity index (χ4v) is 2.26. The van der Waals surface area contributed by atoms with E-state index in [0.717, 1.165) is 6.42 Å². The molecule has 1 heterocycles. The Morgan fingerprint density at radius 1 is 1.33 bits per heavy atom. The van der Waals surface area contributed by atoms with Crippen molar-refractivity contribution in [1.82, 2.24) is 0 Å². The molecule has 2 nitrogen and oxygen atoms in total. The van der Waals surface area contributed by atoms with E-state index in [0.29, 0.717) is 28.8 Å². The highest BCUT2D eigenvalue weighted by Crippen LogP contribution is 2.29. The number of ketones is 1. The van der Waals surface area contributed by atoms with Crippen LogP contribution in [0.1, 0.15) is 16.8 Å². The molecule has 1 aromatic carbocycles. The molecule has 1 fully saturated rings. The summed E-state index contributed by atoms with van der Waals surface area (Å²) in [5.41, 5.74) is 0.427. The first-order valence-electron chi connectivity index (χ1n) is 4.76. The number of hydrogen-bond acceptors (Lipinski definition) is 2. The minimum Gasteiger partial charge on any atom is -0.381 e. The van der Waals surface area contributed by atoms with Gasteiger partial charge in [-0.05, 0) is 18.6 Å². The maximum Gasteiger partial charge on any atom is 0.171 e. The van der Waals surface area contributed by atoms with Gasteiger partial charge in [-0.1, -0.05) is 29.3 Å². The lowest BCUT2D eigenvalue weighted by molar-refractivity contribution is 0.0900. The van der Waals surface area contributed by atoms with Crippen molar-refractivity contribution in [2.45, 2.75) is 6.42 Å². The highest BCUT2D eigenvalue weighted by atomic mass is 35.5. The highest BCUT2D eigenvalue weighted by Gasteiger charge is 2.27. The van der Waals surface area contributed by atoms with Gasteiger partial charge < -0.3 is 4.74 Å². The summed E-state index contributed by atoms with van der Waals surface area (Å²) in [6.07, 6.45) is 0.750. The zero-order valence-corrected chi connectivity index (χ0v) is 9.52. The minimum absolute atomic E-state index is 0.0110. The van der Waals surface area contributed by atoms with Crippen LogP contribution in [0.15, 0.2) is 18.2 Å². The van der Waals surface area contributed by atoms with Crippen LogP contribution in [0.2, 0.25) is 10.0 Å². The van der Waals surface area contributed by atoms with Gasteiger partial charge >= 0.3 is 0 Å². The van der Waals surface area contributed by atoms with Crippen LogP contribution in [0, 0.1) is 5.92 Å². The molecule has 1 atom stereocenters. The Kier molecular flexibility index (Phi) is 3.29. The lowest BCUT2D eigenvalue weighted by atomic mass is 9.97. The van der Waals surface area contributed by atoms with Crippen molar-refractivity contribution in [3.05, 3.63) is 33.8 Å². The van der Waals surface area contributed by atoms with Crippen LogP contribution in [0.5, 0.6) is 0 Å². The van der Waals surface area contributed by atoms with Gasteiger partial charge in [-0.15, -0.1) is 0 Å². The molecule has 2 rings (SSSR count). The highest BCUT2D eigenvalue weighted by molar-refractivity contribution is 6.39. The monoisotopic (exact) mass is 244 g/mol. The largest absolute Gasteiger partial charge is 0.381 e. The van der Waals surface area contributed by atoms with Crippen LogP contribution in [0.3, 0.4) is 0 Å². The van der Waals surface area contributed by atoms with Gasteiger partial charge in [-0.25, -0.2) is 0 Å². The minimum atomic E-state index is -0.0950. The van der Waals surface area contributed by atoms with Gasteiger partial charge in [0.15, 0.2) is 5.78 Å². The van der Waals surface area contributed by atoms with Crippen molar-refractivity contribution in [3.8, 4) is 0 Å². The van der Waals surface area contributed by atoms with Crippen LogP contribution in [-0.4, -0.2) is 19.0 Å². The predicted octanol–water partition coefficient (Wildman–Crippen LogP) is 3.21. The van der Waals surface area contributed by atoms with E-state index in [1.54, 1.807) is 18.2 Å². The zero-order chi connectivity index (χ0) is 10.8. The van der Waals surface area contributed by atoms with Crippen molar-refractivity contribution < 1.29 is 9.53 Å². The smallest absolute Gasteiger partial charge is 0.171 e. The van der Waals surface area contributed by atoms with Crippen molar-refractivity contribution in [1.29, 1.82) is 0 Å². The number of carbonyl (C=O) groups excluding carboxylic acids is 1. The first-order valence-corrected chi connectivity index (χ1v) is 5.51. The third-order valence-electron chi connectivity index (χ3n) is 2.51. The van der Waals surface area contributed by atoms with Gasteiger partial charge in [-0.2, -0.15) is 0 Å². The quantitative estimate of drug-likeness (QED) is 0.748. The van der Waals surface area contributed by atoms with Crippen molar-refractivity contribution in [3.63, 3.8) is 0 Å². The third kappa shape index (κ3) is 2.17. The second kappa shape index (κ2) is 4.52. The van der Waals surface area contributed by atoms with E-state index in [4.69, 9.17) is 27.9 Å². The standard InChI is InChI=1S/C11H10Cl2O2/c12-8-2-1-3-9(13)10(8)11(14)7-4-5-15-6-7/h1-3,7H,4-6H2. The second-order valence-electron chi connectivity index (χ2n) is 3.52. The zero-order valence-electron chi connectivity index (χ0n) is 8.00. The Morgan fingerprint density at radius 2 is 2.00 bits per heavy atom. The number of carbonyl (C=O) groups is 1. The van der Waals surface area contributed by atoms with Gasteiger partial charge in [0, 0.05) is 12.5 Å². The van der Waals surface area contributed by atoms with Crippen LogP contribution < -0.4 is 0 Å². The Morgan fingerprint density at radius 3 is 2.53 bits per heavy atom. The molecule has 15 heavy (non-hydrogen) atoms. The second-order valence-corrected chi connectivity index (χ2v) is 4.34. The van der Waals surface area contributed by atoms with E-state index in [2.05, 4.69) is 0 Å². The van der Waals surface area contributed by atoms with E-state index in [1.807, 2.05) is 0 Å². The summed E-state index contributed by atoms with van der Waals surface area (Å²) in [5, 5.41) is 0.832. The molecule has 1 aromatic rings. The molecule has 0 saturated carbocycles. The Balaban J connectivity index is 2.32. The van der Waals surface area contributed by atoms with Gasteiger partial charge in [0.2, 0.25) is 0 Å². The molecule has 0 spiro atoms. The molecule has 80 valence electrons. The Hall–Kier alpha value is -0.570. The lowest BCUT2D eigenvalue weighted by Gasteiger charge is -2.09. The normalized spacial score (nSPS) is 20.5. The molecule has 1 unspecified atom stereocenters. The number of Topliss-reactive ketones (excluding diaryl/α,β-unsaturated/α-hetero) is 1. The number of rotatable bonds is 2. The van der Waals surface area contributed by atoms with Gasteiger partial charge in [0.05, 0.1) is 22.2 Å². The maximum absolute atomic E-state index is 12.0. The molecule has 1 aliphatic heterocycles. The molecule has 0 radical (unpaired) electrons. The number of halogens is 2. The molecule has 0 aromatic heterocycles. The molecular weight excluding hydrogens is 235 g/mol. The molecular formula is C11H10Cl2O2. The molecule has 4 heteroatoms. The lowest BCUT2D eigenvalue weighted by Crippen LogP contribution is -2.15. The summed E-state index contributed by atoms with van der Waals surface area (Å²) in [6, 6.07) is 5.08. The third-order valence-corrected chi connectivity index (χ3v) is 3.14. The Bertz CT molecular complexity index is 364. The van der Waals surface area contributed by atoms with Gasteiger partial charge in [-0.3, -0.25) is 4.79 Å². The molecule has 1 saturated heterocycles. The number of benzene rings is 1. The van der Waals surface area contributed by atoms with Crippen LogP contribution in [0.25, 0.3) is 0 Å². The maximum atomic E-state index is 12.0. The fourth-order valence-electron chi connectivity index (χ4n) is 1.68. The van der Waals surface area contributed by atoms with Gasteiger partial charge in [0.1, 0.15) is 0 Å². The summed E-state index contributed by atoms with van der Waals surface area (Å²) < 4.78 is 5.17. The molecule has 0 amide bonds. The summed E-state index contributed by atoms with van der Waals surface area (Å²) in [4.78, 5) is 12.0. The average Bonchev–Trinajstić information content (AvgIpc) is 2.69. The molecule has 1 aliphatic rings. The Labute approximate surface area is 98.1 Å². The summed E-state index contributed by atoms with van der Waals surface area (Å²) >= 11 is 11.9. The van der Waals surface area contributed by atoms with Crippen LogP contribution in [0.4, 0.5) is 0 Å². The number of ether oxygens (including phenoxy) is 1. The topological polar surface area (TPSA) is 26.3 Å². The van der Waals surface area contributed by atoms with E-state index >= 15 is 0 Å². The van der Waals surface area contributed by atoms with Crippen molar-refractivity contribution >= 4 is 29.0 Å². The van der Waals surface area contributed by atoms with E-state index in [1.165, 1.54) is 0 Å². The molecule has 0 N–H and O–H groups in total. The summed E-state index contributed by atoms with van der Waals surface area (Å²) in [6.45, 7) is 1.11. The van der Waals surface area contributed by atoms with Gasteiger partial charge in [0.25, 0.3) is 0 Å².